The minimum atomic E-state index is -3.28. The van der Waals surface area contributed by atoms with Crippen molar-refractivity contribution in [1.82, 2.24) is 9.80 Å². The van der Waals surface area contributed by atoms with Crippen LogP contribution in [-0.2, 0) is 14.6 Å². The Hall–Kier alpha value is -1.89. The fraction of sp³-hybridized carbons (Fsp3) is 0.529. The lowest BCUT2D eigenvalue weighted by Crippen LogP contribution is -2.48. The monoisotopic (exact) mass is 350 g/mol. The minimum absolute atomic E-state index is 0.136. The molecule has 1 spiro atoms. The molecule has 6 nitrogen and oxygen atoms in total. The van der Waals surface area contributed by atoms with E-state index in [4.69, 9.17) is 0 Å². The lowest BCUT2D eigenvalue weighted by atomic mass is 9.78. The van der Waals surface area contributed by atoms with Gasteiger partial charge in [0.2, 0.25) is 5.91 Å². The Morgan fingerprint density at radius 1 is 1.12 bits per heavy atom. The number of hydrogen-bond acceptors (Lipinski definition) is 4. The third-order valence-electron chi connectivity index (χ3n) is 5.12. The Morgan fingerprint density at radius 3 is 2.42 bits per heavy atom. The lowest BCUT2D eigenvalue weighted by Gasteiger charge is -2.37. The van der Waals surface area contributed by atoms with E-state index >= 15 is 0 Å². The third-order valence-corrected chi connectivity index (χ3v) is 6.25. The molecule has 1 aromatic carbocycles. The molecule has 3 rings (SSSR count). The van der Waals surface area contributed by atoms with E-state index in [0.717, 1.165) is 25.6 Å². The van der Waals surface area contributed by atoms with Crippen LogP contribution in [0.2, 0.25) is 0 Å². The van der Waals surface area contributed by atoms with Crippen LogP contribution in [0.5, 0.6) is 0 Å². The molecular weight excluding hydrogens is 328 g/mol. The van der Waals surface area contributed by atoms with Crippen LogP contribution in [0.3, 0.4) is 0 Å². The number of sulfone groups is 1. The van der Waals surface area contributed by atoms with Gasteiger partial charge >= 0.3 is 0 Å². The quantitative estimate of drug-likeness (QED) is 0.803. The Balaban J connectivity index is 1.76. The van der Waals surface area contributed by atoms with Crippen LogP contribution in [0.25, 0.3) is 0 Å². The van der Waals surface area contributed by atoms with Crippen LogP contribution >= 0.6 is 0 Å². The minimum Gasteiger partial charge on any atom is -0.345 e. The largest absolute Gasteiger partial charge is 0.345 e. The fourth-order valence-electron chi connectivity index (χ4n) is 3.72. The molecule has 130 valence electrons. The van der Waals surface area contributed by atoms with E-state index in [-0.39, 0.29) is 16.7 Å². The zero-order chi connectivity index (χ0) is 17.5. The van der Waals surface area contributed by atoms with Gasteiger partial charge in [-0.15, -0.1) is 0 Å². The van der Waals surface area contributed by atoms with Gasteiger partial charge in [0.15, 0.2) is 9.84 Å². The predicted molar refractivity (Wildman–Crippen MR) is 89.4 cm³/mol. The summed E-state index contributed by atoms with van der Waals surface area (Å²) in [5, 5.41) is 0. The third kappa shape index (κ3) is 2.92. The van der Waals surface area contributed by atoms with Gasteiger partial charge < -0.3 is 9.80 Å². The van der Waals surface area contributed by atoms with Gasteiger partial charge in [0, 0.05) is 38.5 Å². The number of carbonyl (C=O) groups excluding carboxylic acids is 2. The highest BCUT2D eigenvalue weighted by molar-refractivity contribution is 7.90. The van der Waals surface area contributed by atoms with Gasteiger partial charge in [-0.25, -0.2) is 8.42 Å². The topological polar surface area (TPSA) is 74.8 Å². The van der Waals surface area contributed by atoms with Gasteiger partial charge in [0.05, 0.1) is 10.3 Å². The molecule has 24 heavy (non-hydrogen) atoms. The molecule has 2 fully saturated rings. The highest BCUT2D eigenvalue weighted by Gasteiger charge is 2.48. The fourth-order valence-corrected chi connectivity index (χ4v) is 4.35. The first-order valence-corrected chi connectivity index (χ1v) is 9.97. The average molecular weight is 350 g/mol. The average Bonchev–Trinajstić information content (AvgIpc) is 2.96. The van der Waals surface area contributed by atoms with Crippen LogP contribution in [0.1, 0.15) is 29.6 Å². The smallest absolute Gasteiger partial charge is 0.253 e. The second kappa shape index (κ2) is 5.88. The molecule has 0 saturated carbocycles. The zero-order valence-corrected chi connectivity index (χ0v) is 14.8. The maximum absolute atomic E-state index is 12.7. The Labute approximate surface area is 142 Å². The molecule has 0 bridgehead atoms. The summed E-state index contributed by atoms with van der Waals surface area (Å²) in [6.45, 7) is 1.79. The number of hydrogen-bond donors (Lipinski definition) is 0. The first-order valence-electron chi connectivity index (χ1n) is 8.08. The maximum atomic E-state index is 12.7. The molecule has 2 aliphatic rings. The summed E-state index contributed by atoms with van der Waals surface area (Å²) in [7, 11) is -1.46. The summed E-state index contributed by atoms with van der Waals surface area (Å²) in [6, 6.07) is 5.99. The molecule has 2 saturated heterocycles. The molecule has 0 aromatic heterocycles. The SMILES string of the molecule is CN1CCCC2(CCN(C(=O)c3ccc(S(C)(=O)=O)cc3)C2)C1=O. The molecule has 2 amide bonds. The first-order chi connectivity index (χ1) is 11.2. The molecule has 2 aliphatic heterocycles. The van der Waals surface area contributed by atoms with E-state index in [2.05, 4.69) is 0 Å². The molecule has 1 atom stereocenters. The maximum Gasteiger partial charge on any atom is 0.253 e. The van der Waals surface area contributed by atoms with Gasteiger partial charge in [0.25, 0.3) is 5.91 Å². The molecule has 1 aromatic rings. The van der Waals surface area contributed by atoms with E-state index in [1.165, 1.54) is 12.1 Å². The van der Waals surface area contributed by atoms with Crippen LogP contribution < -0.4 is 0 Å². The summed E-state index contributed by atoms with van der Waals surface area (Å²) in [4.78, 5) is 28.9. The number of rotatable bonds is 2. The van der Waals surface area contributed by atoms with Crippen molar-refractivity contribution in [3.63, 3.8) is 0 Å². The van der Waals surface area contributed by atoms with E-state index in [9.17, 15) is 18.0 Å². The van der Waals surface area contributed by atoms with E-state index in [1.54, 1.807) is 21.9 Å². The summed E-state index contributed by atoms with van der Waals surface area (Å²) >= 11 is 0. The highest BCUT2D eigenvalue weighted by atomic mass is 32.2. The number of benzene rings is 1. The summed E-state index contributed by atoms with van der Waals surface area (Å²) in [5.41, 5.74) is 0.0195. The van der Waals surface area contributed by atoms with Gasteiger partial charge in [-0.3, -0.25) is 9.59 Å². The predicted octanol–water partition coefficient (Wildman–Crippen LogP) is 1.17. The molecule has 2 heterocycles. The van der Waals surface area contributed by atoms with Crippen molar-refractivity contribution in [3.8, 4) is 0 Å². The van der Waals surface area contributed by atoms with Gasteiger partial charge in [-0.1, -0.05) is 0 Å². The van der Waals surface area contributed by atoms with E-state index in [0.29, 0.717) is 25.1 Å². The number of carbonyl (C=O) groups is 2. The number of nitrogens with zero attached hydrogens (tertiary/aromatic N) is 2. The summed E-state index contributed by atoms with van der Waals surface area (Å²) in [6.07, 6.45) is 3.63. The lowest BCUT2D eigenvalue weighted by molar-refractivity contribution is -0.143. The molecule has 0 radical (unpaired) electrons. The first kappa shape index (κ1) is 17.0. The van der Waals surface area contributed by atoms with E-state index in [1.807, 2.05) is 7.05 Å². The standard InChI is InChI=1S/C17H22N2O4S/c1-18-10-3-8-17(16(18)21)9-11-19(12-17)15(20)13-4-6-14(7-5-13)24(2,22)23/h4-7H,3,8-12H2,1-2H3. The van der Waals surface area contributed by atoms with Gasteiger partial charge in [-0.05, 0) is 43.5 Å². The van der Waals surface area contributed by atoms with Crippen LogP contribution in [-0.4, -0.2) is 63.0 Å². The molecule has 7 heteroatoms. The van der Waals surface area contributed by atoms with Crippen LogP contribution in [0, 0.1) is 5.41 Å². The number of piperidine rings is 1. The molecular formula is C17H22N2O4S. The van der Waals surface area contributed by atoms with Gasteiger partial charge in [-0.2, -0.15) is 0 Å². The molecule has 0 aliphatic carbocycles. The number of likely N-dealkylation sites (tertiary alicyclic amines) is 2. The van der Waals surface area contributed by atoms with Crippen LogP contribution in [0.15, 0.2) is 29.2 Å². The Bertz CT molecular complexity index is 772. The Morgan fingerprint density at radius 2 is 1.79 bits per heavy atom. The van der Waals surface area contributed by atoms with Crippen molar-refractivity contribution in [2.45, 2.75) is 24.2 Å². The summed E-state index contributed by atoms with van der Waals surface area (Å²) < 4.78 is 23.0. The summed E-state index contributed by atoms with van der Waals surface area (Å²) in [5.74, 6) is -0.00979. The van der Waals surface area contributed by atoms with Crippen molar-refractivity contribution in [2.24, 2.45) is 5.41 Å². The highest BCUT2D eigenvalue weighted by Crippen LogP contribution is 2.40. The zero-order valence-electron chi connectivity index (χ0n) is 14.0. The van der Waals surface area contributed by atoms with Crippen molar-refractivity contribution in [2.75, 3.05) is 32.9 Å². The Kier molecular flexibility index (Phi) is 4.15. The van der Waals surface area contributed by atoms with Gasteiger partial charge in [0.1, 0.15) is 0 Å². The van der Waals surface area contributed by atoms with E-state index < -0.39 is 15.3 Å². The number of amides is 2. The van der Waals surface area contributed by atoms with Crippen molar-refractivity contribution in [3.05, 3.63) is 29.8 Å². The molecule has 0 N–H and O–H groups in total. The van der Waals surface area contributed by atoms with Crippen molar-refractivity contribution < 1.29 is 18.0 Å². The van der Waals surface area contributed by atoms with Crippen molar-refractivity contribution in [1.29, 1.82) is 0 Å². The normalized spacial score (nSPS) is 24.7. The second-order valence-corrected chi connectivity index (χ2v) is 8.90. The van der Waals surface area contributed by atoms with Crippen LogP contribution in [0.4, 0.5) is 0 Å². The second-order valence-electron chi connectivity index (χ2n) is 6.88. The van der Waals surface area contributed by atoms with Crippen molar-refractivity contribution >= 4 is 21.7 Å². The molecule has 1 unspecified atom stereocenters.